The second kappa shape index (κ2) is 4.75. The lowest BCUT2D eigenvalue weighted by atomic mass is 10.2. The minimum Gasteiger partial charge on any atom is -0.508 e. The smallest absolute Gasteiger partial charge is 0.267 e. The van der Waals surface area contributed by atoms with Crippen molar-refractivity contribution >= 4 is 5.91 Å². The average Bonchev–Trinajstić information content (AvgIpc) is 2.35. The molecule has 0 atom stereocenters. The number of hydrogen-bond acceptors (Lipinski definition) is 4. The quantitative estimate of drug-likeness (QED) is 0.864. The Morgan fingerprint density at radius 3 is 2.72 bits per heavy atom. The summed E-state index contributed by atoms with van der Waals surface area (Å²) in [6, 6.07) is 9.67. The normalized spacial score (nSPS) is 10.1. The number of benzene rings is 1. The molecule has 2 aromatic rings. The third-order valence-corrected chi connectivity index (χ3v) is 2.45. The van der Waals surface area contributed by atoms with Crippen molar-refractivity contribution in [3.63, 3.8) is 0 Å². The van der Waals surface area contributed by atoms with Crippen molar-refractivity contribution in [3.05, 3.63) is 47.7 Å². The van der Waals surface area contributed by atoms with Crippen LogP contribution < -0.4 is 10.5 Å². The van der Waals surface area contributed by atoms with Gasteiger partial charge in [0.05, 0.1) is 0 Å². The van der Waals surface area contributed by atoms with E-state index in [9.17, 15) is 9.90 Å². The lowest BCUT2D eigenvalue weighted by molar-refractivity contribution is 0.0995. The first-order valence-corrected chi connectivity index (χ1v) is 5.31. The standard InChI is InChI=1S/C13H12N2O3/c1-8-10(16)5-3-6-11(8)18-12-7-2-4-9(15-12)13(14)17/h2-7,16H,1H3,(H2,14,17). The molecule has 0 unspecified atom stereocenters. The molecule has 0 fully saturated rings. The Balaban J connectivity index is 2.31. The zero-order valence-corrected chi connectivity index (χ0v) is 9.75. The van der Waals surface area contributed by atoms with Gasteiger partial charge in [-0.3, -0.25) is 4.79 Å². The zero-order chi connectivity index (χ0) is 13.1. The third kappa shape index (κ3) is 2.40. The van der Waals surface area contributed by atoms with E-state index in [0.717, 1.165) is 0 Å². The Labute approximate surface area is 104 Å². The fourth-order valence-electron chi connectivity index (χ4n) is 1.44. The molecular formula is C13H12N2O3. The maximum Gasteiger partial charge on any atom is 0.267 e. The van der Waals surface area contributed by atoms with Gasteiger partial charge in [0.2, 0.25) is 5.88 Å². The molecule has 1 aromatic carbocycles. The van der Waals surface area contributed by atoms with Gasteiger partial charge in [-0.25, -0.2) is 4.98 Å². The van der Waals surface area contributed by atoms with Gasteiger partial charge in [-0.2, -0.15) is 0 Å². The van der Waals surface area contributed by atoms with Crippen LogP contribution >= 0.6 is 0 Å². The van der Waals surface area contributed by atoms with Crippen LogP contribution in [0, 0.1) is 6.92 Å². The van der Waals surface area contributed by atoms with E-state index in [1.807, 2.05) is 0 Å². The van der Waals surface area contributed by atoms with Crippen molar-refractivity contribution in [2.75, 3.05) is 0 Å². The number of carbonyl (C=O) groups excluding carboxylic acids is 1. The van der Waals surface area contributed by atoms with Gasteiger partial charge in [0.1, 0.15) is 17.2 Å². The van der Waals surface area contributed by atoms with Crippen LogP contribution in [0.1, 0.15) is 16.1 Å². The van der Waals surface area contributed by atoms with Gasteiger partial charge in [0.15, 0.2) is 0 Å². The fraction of sp³-hybridized carbons (Fsp3) is 0.0769. The first-order chi connectivity index (χ1) is 8.58. The van der Waals surface area contributed by atoms with E-state index >= 15 is 0 Å². The van der Waals surface area contributed by atoms with Gasteiger partial charge in [-0.1, -0.05) is 12.1 Å². The van der Waals surface area contributed by atoms with E-state index < -0.39 is 5.91 Å². The first kappa shape index (κ1) is 11.9. The lowest BCUT2D eigenvalue weighted by Crippen LogP contribution is -2.12. The monoisotopic (exact) mass is 244 g/mol. The highest BCUT2D eigenvalue weighted by molar-refractivity contribution is 5.90. The number of phenolic OH excluding ortho intramolecular Hbond substituents is 1. The number of phenols is 1. The number of aromatic hydroxyl groups is 1. The highest BCUT2D eigenvalue weighted by Crippen LogP contribution is 2.29. The minimum atomic E-state index is -0.618. The maximum absolute atomic E-state index is 11.0. The second-order valence-electron chi connectivity index (χ2n) is 3.73. The van der Waals surface area contributed by atoms with Gasteiger partial charge in [-0.05, 0) is 25.1 Å². The minimum absolute atomic E-state index is 0.130. The Morgan fingerprint density at radius 2 is 2.00 bits per heavy atom. The van der Waals surface area contributed by atoms with Gasteiger partial charge in [0.25, 0.3) is 5.91 Å². The molecule has 5 nitrogen and oxygen atoms in total. The van der Waals surface area contributed by atoms with Crippen molar-refractivity contribution in [3.8, 4) is 17.4 Å². The molecule has 0 saturated heterocycles. The number of rotatable bonds is 3. The molecule has 5 heteroatoms. The molecule has 1 aromatic heterocycles. The topological polar surface area (TPSA) is 85.4 Å². The number of hydrogen-bond donors (Lipinski definition) is 2. The van der Waals surface area contributed by atoms with Crippen LogP contribution in [0.15, 0.2) is 36.4 Å². The molecule has 92 valence electrons. The molecule has 2 rings (SSSR count). The van der Waals surface area contributed by atoms with E-state index in [1.165, 1.54) is 6.07 Å². The number of nitrogens with two attached hydrogens (primary N) is 1. The summed E-state index contributed by atoms with van der Waals surface area (Å²) in [5, 5.41) is 9.55. The van der Waals surface area contributed by atoms with Gasteiger partial charge < -0.3 is 15.6 Å². The molecule has 0 spiro atoms. The van der Waals surface area contributed by atoms with Crippen LogP contribution in [0.25, 0.3) is 0 Å². The van der Waals surface area contributed by atoms with Crippen molar-refractivity contribution in [2.45, 2.75) is 6.92 Å². The van der Waals surface area contributed by atoms with Crippen LogP contribution in [0.3, 0.4) is 0 Å². The summed E-state index contributed by atoms with van der Waals surface area (Å²) in [6.07, 6.45) is 0. The second-order valence-corrected chi connectivity index (χ2v) is 3.73. The van der Waals surface area contributed by atoms with Crippen molar-refractivity contribution in [1.82, 2.24) is 4.98 Å². The summed E-state index contributed by atoms with van der Waals surface area (Å²) < 4.78 is 5.50. The summed E-state index contributed by atoms with van der Waals surface area (Å²) in [5.41, 5.74) is 5.86. The lowest BCUT2D eigenvalue weighted by Gasteiger charge is -2.09. The maximum atomic E-state index is 11.0. The number of primary amides is 1. The number of carbonyl (C=O) groups is 1. The molecule has 3 N–H and O–H groups in total. The predicted octanol–water partition coefficient (Wildman–Crippen LogP) is 1.99. The summed E-state index contributed by atoms with van der Waals surface area (Å²) in [5.74, 6) is 0.246. The molecule has 0 saturated carbocycles. The summed E-state index contributed by atoms with van der Waals surface area (Å²) in [7, 11) is 0. The van der Waals surface area contributed by atoms with Crippen molar-refractivity contribution < 1.29 is 14.6 Å². The van der Waals surface area contributed by atoms with Crippen LogP contribution in [-0.4, -0.2) is 16.0 Å². The van der Waals surface area contributed by atoms with Crippen LogP contribution in [0.2, 0.25) is 0 Å². The number of pyridine rings is 1. The molecule has 0 aliphatic heterocycles. The first-order valence-electron chi connectivity index (χ1n) is 5.31. The fourth-order valence-corrected chi connectivity index (χ4v) is 1.44. The number of ether oxygens (including phenoxy) is 1. The molecule has 0 aliphatic rings. The summed E-state index contributed by atoms with van der Waals surface area (Å²) >= 11 is 0. The highest BCUT2D eigenvalue weighted by Gasteiger charge is 2.08. The Kier molecular flexibility index (Phi) is 3.14. The number of nitrogens with zero attached hydrogens (tertiary/aromatic N) is 1. The molecule has 0 bridgehead atoms. The van der Waals surface area contributed by atoms with E-state index in [0.29, 0.717) is 11.3 Å². The average molecular weight is 244 g/mol. The highest BCUT2D eigenvalue weighted by atomic mass is 16.5. The van der Waals surface area contributed by atoms with E-state index in [2.05, 4.69) is 4.98 Å². The molecule has 1 amide bonds. The Bertz CT molecular complexity index is 597. The summed E-state index contributed by atoms with van der Waals surface area (Å²) in [6.45, 7) is 1.72. The zero-order valence-electron chi connectivity index (χ0n) is 9.75. The van der Waals surface area contributed by atoms with Crippen LogP contribution in [-0.2, 0) is 0 Å². The molecule has 1 heterocycles. The van der Waals surface area contributed by atoms with Gasteiger partial charge in [0, 0.05) is 11.6 Å². The van der Waals surface area contributed by atoms with Crippen LogP contribution in [0.5, 0.6) is 17.4 Å². The summed E-state index contributed by atoms with van der Waals surface area (Å²) in [4.78, 5) is 15.0. The van der Waals surface area contributed by atoms with E-state index in [4.69, 9.17) is 10.5 Å². The largest absolute Gasteiger partial charge is 0.508 e. The van der Waals surface area contributed by atoms with E-state index in [-0.39, 0.29) is 17.3 Å². The SMILES string of the molecule is Cc1c(O)cccc1Oc1cccc(C(N)=O)n1. The number of amides is 1. The van der Waals surface area contributed by atoms with Crippen molar-refractivity contribution in [1.29, 1.82) is 0 Å². The molecule has 0 radical (unpaired) electrons. The Morgan fingerprint density at radius 1 is 1.28 bits per heavy atom. The van der Waals surface area contributed by atoms with Crippen LogP contribution in [0.4, 0.5) is 0 Å². The third-order valence-electron chi connectivity index (χ3n) is 2.45. The predicted molar refractivity (Wildman–Crippen MR) is 65.7 cm³/mol. The van der Waals surface area contributed by atoms with Crippen molar-refractivity contribution in [2.24, 2.45) is 5.73 Å². The number of aromatic nitrogens is 1. The molecular weight excluding hydrogens is 232 g/mol. The van der Waals surface area contributed by atoms with Gasteiger partial charge >= 0.3 is 0 Å². The Hall–Kier alpha value is -2.56. The molecule has 0 aliphatic carbocycles. The van der Waals surface area contributed by atoms with E-state index in [1.54, 1.807) is 37.3 Å². The molecule has 18 heavy (non-hydrogen) atoms. The van der Waals surface area contributed by atoms with Gasteiger partial charge in [-0.15, -0.1) is 0 Å².